The number of aliphatic carboxylic acids is 1. The number of carbonyl (C=O) groups excluding carboxylic acids is 1. The summed E-state index contributed by atoms with van der Waals surface area (Å²) in [5.41, 5.74) is -1.10. The molecule has 0 saturated carbocycles. The summed E-state index contributed by atoms with van der Waals surface area (Å²) in [7, 11) is 0. The first-order valence-electron chi connectivity index (χ1n) is 6.43. The molecule has 2 unspecified atom stereocenters. The van der Waals surface area contributed by atoms with Crippen LogP contribution in [0.15, 0.2) is 0 Å². The minimum absolute atomic E-state index is 0.254. The Morgan fingerprint density at radius 3 is 2.61 bits per heavy atom. The van der Waals surface area contributed by atoms with Gasteiger partial charge in [-0.3, -0.25) is 0 Å². The smallest absolute Gasteiger partial charge is 0.329 e. The second-order valence-electron chi connectivity index (χ2n) is 5.36. The van der Waals surface area contributed by atoms with Gasteiger partial charge in [-0.25, -0.2) is 9.59 Å². The van der Waals surface area contributed by atoms with Crippen molar-refractivity contribution >= 4 is 12.0 Å². The van der Waals surface area contributed by atoms with Crippen molar-refractivity contribution in [3.05, 3.63) is 0 Å². The molecule has 0 aromatic carbocycles. The Kier molecular flexibility index (Phi) is 3.47. The summed E-state index contributed by atoms with van der Waals surface area (Å²) in [4.78, 5) is 26.7. The molecule has 0 radical (unpaired) electrons. The highest BCUT2D eigenvalue weighted by molar-refractivity contribution is 5.86. The maximum Gasteiger partial charge on any atom is 0.329 e. The van der Waals surface area contributed by atoms with E-state index in [-0.39, 0.29) is 6.03 Å². The van der Waals surface area contributed by atoms with Crippen molar-refractivity contribution in [1.29, 1.82) is 0 Å². The summed E-state index contributed by atoms with van der Waals surface area (Å²) < 4.78 is 0. The van der Waals surface area contributed by atoms with Gasteiger partial charge in [0.15, 0.2) is 0 Å². The first-order valence-corrected chi connectivity index (χ1v) is 6.43. The Balaban J connectivity index is 2.10. The van der Waals surface area contributed by atoms with Crippen LogP contribution in [0.3, 0.4) is 0 Å². The van der Waals surface area contributed by atoms with E-state index in [0.717, 1.165) is 6.42 Å². The molecule has 2 aliphatic rings. The molecule has 2 aliphatic heterocycles. The number of urea groups is 1. The van der Waals surface area contributed by atoms with Crippen molar-refractivity contribution in [2.75, 3.05) is 19.6 Å². The maximum absolute atomic E-state index is 12.3. The van der Waals surface area contributed by atoms with Crippen LogP contribution in [0.25, 0.3) is 0 Å². The van der Waals surface area contributed by atoms with E-state index < -0.39 is 17.6 Å². The molecule has 6 nitrogen and oxygen atoms in total. The second-order valence-corrected chi connectivity index (χ2v) is 5.36. The third kappa shape index (κ3) is 2.16. The number of carbonyl (C=O) groups is 2. The Labute approximate surface area is 106 Å². The number of carboxylic acid groups (broad SMARTS) is 1. The number of hydrogen-bond donors (Lipinski definition) is 2. The molecule has 0 aromatic heterocycles. The number of rotatable bonds is 1. The van der Waals surface area contributed by atoms with Crippen LogP contribution in [-0.2, 0) is 4.79 Å². The second kappa shape index (κ2) is 4.76. The molecule has 18 heavy (non-hydrogen) atoms. The highest BCUT2D eigenvalue weighted by Gasteiger charge is 2.47. The zero-order valence-corrected chi connectivity index (χ0v) is 10.6. The molecule has 2 fully saturated rings. The first kappa shape index (κ1) is 13.1. The lowest BCUT2D eigenvalue weighted by atomic mass is 9.99. The third-order valence-electron chi connectivity index (χ3n) is 4.00. The highest BCUT2D eigenvalue weighted by Crippen LogP contribution is 2.30. The van der Waals surface area contributed by atoms with Crippen molar-refractivity contribution in [3.63, 3.8) is 0 Å². The number of amides is 2. The number of β-amino-alcohol motifs (C(OH)–C–C–N with tert-alkyl or cyclic N) is 1. The molecule has 6 heteroatoms. The van der Waals surface area contributed by atoms with Crippen molar-refractivity contribution < 1.29 is 19.8 Å². The molecule has 2 saturated heterocycles. The molecule has 2 heterocycles. The van der Waals surface area contributed by atoms with E-state index in [9.17, 15) is 19.8 Å². The van der Waals surface area contributed by atoms with Gasteiger partial charge in [-0.2, -0.15) is 0 Å². The van der Waals surface area contributed by atoms with E-state index in [1.54, 1.807) is 11.8 Å². The Bertz CT molecular complexity index is 360. The third-order valence-corrected chi connectivity index (χ3v) is 4.00. The van der Waals surface area contributed by atoms with E-state index in [1.807, 2.05) is 0 Å². The average molecular weight is 256 g/mol. The normalized spacial score (nSPS) is 32.7. The van der Waals surface area contributed by atoms with E-state index in [0.29, 0.717) is 38.9 Å². The fraction of sp³-hybridized carbons (Fsp3) is 0.833. The zero-order valence-electron chi connectivity index (χ0n) is 10.6. The quantitative estimate of drug-likeness (QED) is 0.716. The molecule has 0 spiro atoms. The predicted octanol–water partition coefficient (Wildman–Crippen LogP) is 0.502. The van der Waals surface area contributed by atoms with Crippen LogP contribution in [0.2, 0.25) is 0 Å². The molecule has 0 aromatic rings. The van der Waals surface area contributed by atoms with Crippen molar-refractivity contribution in [1.82, 2.24) is 9.80 Å². The Morgan fingerprint density at radius 1 is 1.28 bits per heavy atom. The summed E-state index contributed by atoms with van der Waals surface area (Å²) in [6.45, 7) is 2.99. The molecule has 0 bridgehead atoms. The van der Waals surface area contributed by atoms with Gasteiger partial charge in [-0.1, -0.05) is 0 Å². The van der Waals surface area contributed by atoms with Crippen molar-refractivity contribution in [2.45, 2.75) is 44.2 Å². The summed E-state index contributed by atoms with van der Waals surface area (Å²) in [6, 6.07) is -0.254. The fourth-order valence-corrected chi connectivity index (χ4v) is 2.79. The standard InChI is InChI=1S/C12H20N2O4/c1-12(10(16)17)5-3-7-14(12)11(18)13-6-2-4-9(15)8-13/h9,15H,2-8H2,1H3,(H,16,17). The molecular formula is C12H20N2O4. The summed E-state index contributed by atoms with van der Waals surface area (Å²) in [5.74, 6) is -0.953. The Hall–Kier alpha value is -1.30. The molecule has 2 amide bonds. The van der Waals surface area contributed by atoms with Gasteiger partial charge in [0.1, 0.15) is 5.54 Å². The zero-order chi connectivity index (χ0) is 13.3. The van der Waals surface area contributed by atoms with Crippen LogP contribution in [-0.4, -0.2) is 63.3 Å². The summed E-state index contributed by atoms with van der Waals surface area (Å²) in [6.07, 6.45) is 2.20. The van der Waals surface area contributed by atoms with Gasteiger partial charge in [0, 0.05) is 19.6 Å². The molecule has 2 rings (SSSR count). The van der Waals surface area contributed by atoms with E-state index in [4.69, 9.17) is 0 Å². The molecule has 2 atom stereocenters. The molecule has 0 aliphatic carbocycles. The number of carboxylic acids is 1. The molecular weight excluding hydrogens is 236 g/mol. The number of aliphatic hydroxyl groups excluding tert-OH is 1. The first-order chi connectivity index (χ1) is 8.45. The van der Waals surface area contributed by atoms with Crippen LogP contribution in [0.5, 0.6) is 0 Å². The minimum atomic E-state index is -1.10. The van der Waals surface area contributed by atoms with E-state index in [1.165, 1.54) is 4.90 Å². The predicted molar refractivity (Wildman–Crippen MR) is 64.2 cm³/mol. The van der Waals surface area contributed by atoms with Crippen molar-refractivity contribution in [2.24, 2.45) is 0 Å². The average Bonchev–Trinajstić information content (AvgIpc) is 2.72. The number of nitrogens with zero attached hydrogens (tertiary/aromatic N) is 2. The van der Waals surface area contributed by atoms with E-state index in [2.05, 4.69) is 0 Å². The van der Waals surface area contributed by atoms with Gasteiger partial charge in [-0.15, -0.1) is 0 Å². The minimum Gasteiger partial charge on any atom is -0.480 e. The number of piperidine rings is 1. The van der Waals surface area contributed by atoms with Gasteiger partial charge >= 0.3 is 12.0 Å². The van der Waals surface area contributed by atoms with Crippen LogP contribution >= 0.6 is 0 Å². The number of hydrogen-bond acceptors (Lipinski definition) is 3. The summed E-state index contributed by atoms with van der Waals surface area (Å²) in [5, 5.41) is 18.9. The SMILES string of the molecule is CC1(C(=O)O)CCCN1C(=O)N1CCCC(O)C1. The topological polar surface area (TPSA) is 81.1 Å². The van der Waals surface area contributed by atoms with Gasteiger partial charge in [-0.05, 0) is 32.6 Å². The van der Waals surface area contributed by atoms with Crippen LogP contribution in [0.1, 0.15) is 32.6 Å². The molecule has 2 N–H and O–H groups in total. The molecule has 102 valence electrons. The lowest BCUT2D eigenvalue weighted by Gasteiger charge is -2.38. The van der Waals surface area contributed by atoms with E-state index >= 15 is 0 Å². The fourth-order valence-electron chi connectivity index (χ4n) is 2.79. The number of aliphatic hydroxyl groups is 1. The maximum atomic E-state index is 12.3. The van der Waals surface area contributed by atoms with Crippen LogP contribution < -0.4 is 0 Å². The summed E-state index contributed by atoms with van der Waals surface area (Å²) >= 11 is 0. The lowest BCUT2D eigenvalue weighted by Crippen LogP contribution is -2.57. The Morgan fingerprint density at radius 2 is 2.00 bits per heavy atom. The lowest BCUT2D eigenvalue weighted by molar-refractivity contribution is -0.147. The largest absolute Gasteiger partial charge is 0.480 e. The van der Waals surface area contributed by atoms with Crippen molar-refractivity contribution in [3.8, 4) is 0 Å². The van der Waals surface area contributed by atoms with Gasteiger partial charge in [0.05, 0.1) is 6.10 Å². The monoisotopic (exact) mass is 256 g/mol. The van der Waals surface area contributed by atoms with Crippen LogP contribution in [0, 0.1) is 0 Å². The van der Waals surface area contributed by atoms with Gasteiger partial charge in [0.25, 0.3) is 0 Å². The number of likely N-dealkylation sites (tertiary alicyclic amines) is 2. The van der Waals surface area contributed by atoms with Gasteiger partial charge < -0.3 is 20.0 Å². The highest BCUT2D eigenvalue weighted by atomic mass is 16.4. The van der Waals surface area contributed by atoms with Crippen LogP contribution in [0.4, 0.5) is 4.79 Å². The van der Waals surface area contributed by atoms with Gasteiger partial charge in [0.2, 0.25) is 0 Å².